The minimum absolute atomic E-state index is 0.0158. The van der Waals surface area contributed by atoms with Crippen molar-refractivity contribution in [3.8, 4) is 0 Å². The molecule has 0 atom stereocenters. The molecule has 0 bridgehead atoms. The van der Waals surface area contributed by atoms with Crippen molar-refractivity contribution in [2.24, 2.45) is 5.41 Å². The zero-order chi connectivity index (χ0) is 10.7. The van der Waals surface area contributed by atoms with Crippen LogP contribution in [0.2, 0.25) is 0 Å². The van der Waals surface area contributed by atoms with Gasteiger partial charge >= 0.3 is 0 Å². The normalized spacial score (nSPS) is 12.8. The van der Waals surface area contributed by atoms with Gasteiger partial charge in [0.2, 0.25) is 5.91 Å². The maximum absolute atomic E-state index is 10.7. The molecule has 1 N–H and O–H groups in total. The van der Waals surface area contributed by atoms with Crippen LogP contribution in [0.5, 0.6) is 0 Å². The molecule has 0 aliphatic rings. The lowest BCUT2D eigenvalue weighted by Crippen LogP contribution is -2.36. The molecule has 0 aromatic carbocycles. The molecule has 0 radical (unpaired) electrons. The quantitative estimate of drug-likeness (QED) is 0.674. The number of rotatable bonds is 4. The van der Waals surface area contributed by atoms with Gasteiger partial charge in [-0.2, -0.15) is 12.6 Å². The molecule has 2 nitrogen and oxygen atoms in total. The second kappa shape index (κ2) is 4.36. The van der Waals surface area contributed by atoms with Crippen molar-refractivity contribution in [1.29, 1.82) is 0 Å². The number of carbonyl (C=O) groups excluding carboxylic acids is 1. The van der Waals surface area contributed by atoms with Gasteiger partial charge in [0.15, 0.2) is 0 Å². The van der Waals surface area contributed by atoms with Crippen molar-refractivity contribution in [1.82, 2.24) is 5.32 Å². The van der Waals surface area contributed by atoms with Crippen LogP contribution in [0.3, 0.4) is 0 Å². The predicted molar refractivity (Wildman–Crippen MR) is 60.1 cm³/mol. The summed E-state index contributed by atoms with van der Waals surface area (Å²) >= 11 is 4.48. The van der Waals surface area contributed by atoms with Gasteiger partial charge < -0.3 is 5.32 Å². The molecule has 0 saturated heterocycles. The standard InChI is InChI=1S/C10H21NOS/c1-8(12)11-7-9(2,3)6-10(4,5)13/h13H,6-7H2,1-5H3,(H,11,12). The monoisotopic (exact) mass is 203 g/mol. The Bertz CT molecular complexity index is 182. The molecule has 0 aromatic heterocycles. The molecule has 0 rings (SSSR count). The van der Waals surface area contributed by atoms with E-state index in [1.807, 2.05) is 0 Å². The van der Waals surface area contributed by atoms with Gasteiger partial charge in [-0.3, -0.25) is 4.79 Å². The van der Waals surface area contributed by atoms with Crippen molar-refractivity contribution in [2.75, 3.05) is 6.54 Å². The fraction of sp³-hybridized carbons (Fsp3) is 0.900. The molecule has 0 aliphatic heterocycles. The maximum Gasteiger partial charge on any atom is 0.216 e. The molecule has 3 heteroatoms. The second-order valence-electron chi connectivity index (χ2n) is 5.06. The van der Waals surface area contributed by atoms with E-state index in [1.165, 1.54) is 0 Å². The van der Waals surface area contributed by atoms with Crippen LogP contribution < -0.4 is 5.32 Å². The summed E-state index contributed by atoms with van der Waals surface area (Å²) in [6.45, 7) is 10.7. The minimum Gasteiger partial charge on any atom is -0.356 e. The second-order valence-corrected chi connectivity index (χ2v) is 6.27. The van der Waals surface area contributed by atoms with Crippen LogP contribution in [-0.4, -0.2) is 17.2 Å². The highest BCUT2D eigenvalue weighted by atomic mass is 32.1. The van der Waals surface area contributed by atoms with Gasteiger partial charge in [0, 0.05) is 18.2 Å². The van der Waals surface area contributed by atoms with Crippen LogP contribution in [-0.2, 0) is 4.79 Å². The molecule has 1 amide bonds. The van der Waals surface area contributed by atoms with Crippen LogP contribution in [0.4, 0.5) is 0 Å². The number of carbonyl (C=O) groups is 1. The van der Waals surface area contributed by atoms with E-state index in [-0.39, 0.29) is 16.1 Å². The lowest BCUT2D eigenvalue weighted by molar-refractivity contribution is -0.119. The van der Waals surface area contributed by atoms with Gasteiger partial charge in [-0.05, 0) is 11.8 Å². The fourth-order valence-electron chi connectivity index (χ4n) is 1.60. The first-order chi connectivity index (χ1) is 5.62. The Morgan fingerprint density at radius 1 is 1.31 bits per heavy atom. The largest absolute Gasteiger partial charge is 0.356 e. The highest BCUT2D eigenvalue weighted by molar-refractivity contribution is 7.81. The van der Waals surface area contributed by atoms with Crippen LogP contribution in [0.25, 0.3) is 0 Å². The summed E-state index contributed by atoms with van der Waals surface area (Å²) in [6, 6.07) is 0. The van der Waals surface area contributed by atoms with Gasteiger partial charge in [-0.15, -0.1) is 0 Å². The molecule has 0 aromatic rings. The van der Waals surface area contributed by atoms with Crippen molar-refractivity contribution >= 4 is 18.5 Å². The van der Waals surface area contributed by atoms with Crippen LogP contribution in [0.1, 0.15) is 41.0 Å². The highest BCUT2D eigenvalue weighted by Gasteiger charge is 2.25. The summed E-state index contributed by atoms with van der Waals surface area (Å²) in [5.74, 6) is 0.0324. The first-order valence-corrected chi connectivity index (χ1v) is 5.04. The Morgan fingerprint density at radius 3 is 2.08 bits per heavy atom. The number of hydrogen-bond acceptors (Lipinski definition) is 2. The Morgan fingerprint density at radius 2 is 1.77 bits per heavy atom. The molecule has 0 fully saturated rings. The van der Waals surface area contributed by atoms with E-state index >= 15 is 0 Å². The summed E-state index contributed by atoms with van der Waals surface area (Å²) in [5.41, 5.74) is 0.108. The third-order valence-corrected chi connectivity index (χ3v) is 1.89. The molecular formula is C10H21NOS. The summed E-state index contributed by atoms with van der Waals surface area (Å²) in [4.78, 5) is 10.7. The van der Waals surface area contributed by atoms with E-state index in [0.717, 1.165) is 6.42 Å². The number of hydrogen-bond donors (Lipinski definition) is 2. The fourth-order valence-corrected chi connectivity index (χ4v) is 2.03. The van der Waals surface area contributed by atoms with Crippen LogP contribution >= 0.6 is 12.6 Å². The molecule has 13 heavy (non-hydrogen) atoms. The van der Waals surface area contributed by atoms with Gasteiger partial charge in [-0.1, -0.05) is 27.7 Å². The molecule has 0 heterocycles. The average molecular weight is 203 g/mol. The van der Waals surface area contributed by atoms with E-state index < -0.39 is 0 Å². The average Bonchev–Trinajstić information content (AvgIpc) is 1.78. The van der Waals surface area contributed by atoms with Gasteiger partial charge in [0.25, 0.3) is 0 Å². The molecule has 0 saturated carbocycles. The van der Waals surface area contributed by atoms with E-state index in [9.17, 15) is 4.79 Å². The lowest BCUT2D eigenvalue weighted by Gasteiger charge is -2.31. The van der Waals surface area contributed by atoms with E-state index in [2.05, 4.69) is 45.6 Å². The van der Waals surface area contributed by atoms with Crippen LogP contribution in [0.15, 0.2) is 0 Å². The zero-order valence-corrected chi connectivity index (χ0v) is 10.2. The van der Waals surface area contributed by atoms with Gasteiger partial charge in [0.05, 0.1) is 0 Å². The Labute approximate surface area is 86.9 Å². The van der Waals surface area contributed by atoms with Crippen molar-refractivity contribution < 1.29 is 4.79 Å². The number of nitrogens with one attached hydrogen (secondary N) is 1. The van der Waals surface area contributed by atoms with Crippen molar-refractivity contribution in [2.45, 2.75) is 45.8 Å². The van der Waals surface area contributed by atoms with Crippen molar-refractivity contribution in [3.05, 3.63) is 0 Å². The summed E-state index contributed by atoms with van der Waals surface area (Å²) < 4.78 is 0.0158. The first kappa shape index (κ1) is 12.8. The van der Waals surface area contributed by atoms with E-state index in [0.29, 0.717) is 6.54 Å². The maximum atomic E-state index is 10.7. The summed E-state index contributed by atoms with van der Waals surface area (Å²) in [7, 11) is 0. The Hall–Kier alpha value is -0.180. The molecule has 0 unspecified atom stereocenters. The molecule has 0 spiro atoms. The van der Waals surface area contributed by atoms with E-state index in [4.69, 9.17) is 0 Å². The third-order valence-electron chi connectivity index (χ3n) is 1.73. The Kier molecular flexibility index (Phi) is 4.30. The lowest BCUT2D eigenvalue weighted by atomic mass is 9.83. The zero-order valence-electron chi connectivity index (χ0n) is 9.27. The summed E-state index contributed by atoms with van der Waals surface area (Å²) in [5, 5.41) is 2.84. The number of amides is 1. The number of thiol groups is 1. The predicted octanol–water partition coefficient (Wildman–Crippen LogP) is 2.25. The highest BCUT2D eigenvalue weighted by Crippen LogP contribution is 2.30. The third kappa shape index (κ3) is 8.16. The van der Waals surface area contributed by atoms with Crippen LogP contribution in [0, 0.1) is 5.41 Å². The minimum atomic E-state index is 0.0158. The van der Waals surface area contributed by atoms with Gasteiger partial charge in [0.1, 0.15) is 0 Å². The topological polar surface area (TPSA) is 29.1 Å². The summed E-state index contributed by atoms with van der Waals surface area (Å²) in [6.07, 6.45) is 0.976. The van der Waals surface area contributed by atoms with Crippen molar-refractivity contribution in [3.63, 3.8) is 0 Å². The van der Waals surface area contributed by atoms with E-state index in [1.54, 1.807) is 6.92 Å². The smallest absolute Gasteiger partial charge is 0.216 e. The molecule has 78 valence electrons. The molecular weight excluding hydrogens is 182 g/mol. The first-order valence-electron chi connectivity index (χ1n) is 4.59. The van der Waals surface area contributed by atoms with Gasteiger partial charge in [-0.25, -0.2) is 0 Å². The molecule has 0 aliphatic carbocycles. The SMILES string of the molecule is CC(=O)NCC(C)(C)CC(C)(C)S. The Balaban J connectivity index is 4.01.